The van der Waals surface area contributed by atoms with Crippen LogP contribution in [-0.4, -0.2) is 21.9 Å². The average molecular weight is 282 g/mol. The molecule has 1 aliphatic rings. The van der Waals surface area contributed by atoms with E-state index in [0.717, 1.165) is 35.4 Å². The maximum atomic E-state index is 10.8. The maximum absolute atomic E-state index is 10.8. The summed E-state index contributed by atoms with van der Waals surface area (Å²) < 4.78 is 0. The first-order valence-corrected chi connectivity index (χ1v) is 6.62. The van der Waals surface area contributed by atoms with Crippen LogP contribution in [0.2, 0.25) is 0 Å². The number of hydrogen-bond donors (Lipinski definition) is 3. The highest BCUT2D eigenvalue weighted by Crippen LogP contribution is 2.30. The van der Waals surface area contributed by atoms with Gasteiger partial charge in [0.25, 0.3) is 0 Å². The van der Waals surface area contributed by atoms with Gasteiger partial charge in [-0.05, 0) is 43.2 Å². The number of aromatic hydroxyl groups is 1. The molecular weight excluding hydrogens is 268 g/mol. The van der Waals surface area contributed by atoms with Gasteiger partial charge in [0.15, 0.2) is 0 Å². The number of hydrazone groups is 1. The van der Waals surface area contributed by atoms with Crippen molar-refractivity contribution < 1.29 is 15.0 Å². The van der Waals surface area contributed by atoms with Crippen LogP contribution in [0.4, 0.5) is 5.69 Å². The maximum Gasteiger partial charge on any atom is 0.335 e. The zero-order valence-corrected chi connectivity index (χ0v) is 11.2. The van der Waals surface area contributed by atoms with Gasteiger partial charge in [0.1, 0.15) is 5.75 Å². The Labute approximate surface area is 121 Å². The van der Waals surface area contributed by atoms with Crippen LogP contribution in [0.25, 0.3) is 0 Å². The smallest absolute Gasteiger partial charge is 0.335 e. The summed E-state index contributed by atoms with van der Waals surface area (Å²) in [5.74, 6) is -0.642. The lowest BCUT2D eigenvalue weighted by Gasteiger charge is -2.04. The van der Waals surface area contributed by atoms with Crippen LogP contribution in [0.15, 0.2) is 47.6 Å². The van der Waals surface area contributed by atoms with Gasteiger partial charge in [-0.25, -0.2) is 4.79 Å². The predicted octanol–water partition coefficient (Wildman–Crippen LogP) is 2.85. The van der Waals surface area contributed by atoms with Crippen LogP contribution in [0.1, 0.15) is 27.9 Å². The van der Waals surface area contributed by atoms with Gasteiger partial charge in [-0.15, -0.1) is 0 Å². The van der Waals surface area contributed by atoms with E-state index in [0.29, 0.717) is 5.75 Å². The topological polar surface area (TPSA) is 81.9 Å². The minimum atomic E-state index is -0.951. The number of benzene rings is 2. The number of phenols is 1. The van der Waals surface area contributed by atoms with Gasteiger partial charge in [0.05, 0.1) is 17.0 Å². The lowest BCUT2D eigenvalue weighted by atomic mass is 10.1. The number of phenolic OH excluding ortho intramolecular Hbond substituents is 1. The van der Waals surface area contributed by atoms with Crippen molar-refractivity contribution in [2.24, 2.45) is 5.10 Å². The average Bonchev–Trinajstić information content (AvgIpc) is 2.90. The van der Waals surface area contributed by atoms with Crippen molar-refractivity contribution in [1.82, 2.24) is 0 Å². The van der Waals surface area contributed by atoms with E-state index in [1.165, 1.54) is 12.1 Å². The number of nitrogens with zero attached hydrogens (tertiary/aromatic N) is 1. The second kappa shape index (κ2) is 5.28. The fourth-order valence-corrected chi connectivity index (χ4v) is 2.42. The van der Waals surface area contributed by atoms with Gasteiger partial charge in [0.2, 0.25) is 0 Å². The van der Waals surface area contributed by atoms with E-state index in [9.17, 15) is 9.90 Å². The van der Waals surface area contributed by atoms with Gasteiger partial charge < -0.3 is 10.2 Å². The monoisotopic (exact) mass is 282 g/mol. The molecule has 3 N–H and O–H groups in total. The van der Waals surface area contributed by atoms with Gasteiger partial charge in [0, 0.05) is 11.1 Å². The third kappa shape index (κ3) is 2.58. The SMILES string of the molecule is O=C(O)c1ccc(NN=C2CCc3c(O)cccc32)cc1. The van der Waals surface area contributed by atoms with E-state index in [-0.39, 0.29) is 5.56 Å². The Bertz CT molecular complexity index is 721. The molecule has 0 fully saturated rings. The lowest BCUT2D eigenvalue weighted by molar-refractivity contribution is 0.0697. The summed E-state index contributed by atoms with van der Waals surface area (Å²) in [5, 5.41) is 23.0. The van der Waals surface area contributed by atoms with Crippen molar-refractivity contribution in [3.05, 3.63) is 59.2 Å². The van der Waals surface area contributed by atoms with Crippen LogP contribution in [0.3, 0.4) is 0 Å². The summed E-state index contributed by atoms with van der Waals surface area (Å²) in [6.07, 6.45) is 1.55. The van der Waals surface area contributed by atoms with Crippen LogP contribution in [0.5, 0.6) is 5.75 Å². The van der Waals surface area contributed by atoms with Crippen molar-refractivity contribution in [1.29, 1.82) is 0 Å². The number of fused-ring (bicyclic) bond motifs is 1. The molecule has 1 aliphatic carbocycles. The van der Waals surface area contributed by atoms with Gasteiger partial charge >= 0.3 is 5.97 Å². The molecule has 0 spiro atoms. The molecule has 5 nitrogen and oxygen atoms in total. The Kier molecular flexibility index (Phi) is 3.31. The number of aromatic carboxylic acids is 1. The predicted molar refractivity (Wildman–Crippen MR) is 80.0 cm³/mol. The summed E-state index contributed by atoms with van der Waals surface area (Å²) in [5.41, 5.74) is 6.67. The Morgan fingerprint density at radius 2 is 1.86 bits per heavy atom. The molecule has 0 radical (unpaired) electrons. The molecule has 0 aromatic heterocycles. The van der Waals surface area contributed by atoms with Gasteiger partial charge in [-0.1, -0.05) is 12.1 Å². The number of nitrogens with one attached hydrogen (secondary N) is 1. The minimum Gasteiger partial charge on any atom is -0.508 e. The first-order valence-electron chi connectivity index (χ1n) is 6.62. The zero-order chi connectivity index (χ0) is 14.8. The molecule has 2 aromatic rings. The molecule has 0 aliphatic heterocycles. The summed E-state index contributed by atoms with van der Waals surface area (Å²) in [6.45, 7) is 0. The largest absolute Gasteiger partial charge is 0.508 e. The number of carboxylic acid groups (broad SMARTS) is 1. The first-order chi connectivity index (χ1) is 10.1. The van der Waals surface area contributed by atoms with Crippen molar-refractivity contribution in [3.8, 4) is 5.75 Å². The molecule has 0 atom stereocenters. The quantitative estimate of drug-likeness (QED) is 0.756. The van der Waals surface area contributed by atoms with E-state index >= 15 is 0 Å². The summed E-state index contributed by atoms with van der Waals surface area (Å²) in [4.78, 5) is 10.8. The molecule has 21 heavy (non-hydrogen) atoms. The van der Waals surface area contributed by atoms with Gasteiger partial charge in [-0.3, -0.25) is 5.43 Å². The molecular formula is C16H14N2O3. The van der Waals surface area contributed by atoms with E-state index in [1.807, 2.05) is 6.07 Å². The molecule has 0 amide bonds. The molecule has 0 saturated carbocycles. The second-order valence-corrected chi connectivity index (χ2v) is 4.86. The minimum absolute atomic E-state index is 0.240. The van der Waals surface area contributed by atoms with Crippen LogP contribution < -0.4 is 5.43 Å². The van der Waals surface area contributed by atoms with E-state index in [1.54, 1.807) is 24.3 Å². The molecule has 0 unspecified atom stereocenters. The molecule has 106 valence electrons. The third-order valence-electron chi connectivity index (χ3n) is 3.53. The Morgan fingerprint density at radius 3 is 2.57 bits per heavy atom. The Hall–Kier alpha value is -2.82. The second-order valence-electron chi connectivity index (χ2n) is 4.86. The number of rotatable bonds is 3. The highest BCUT2D eigenvalue weighted by Gasteiger charge is 2.20. The molecule has 3 rings (SSSR count). The van der Waals surface area contributed by atoms with Crippen molar-refractivity contribution in [3.63, 3.8) is 0 Å². The number of hydrogen-bond acceptors (Lipinski definition) is 4. The van der Waals surface area contributed by atoms with Crippen LogP contribution in [0, 0.1) is 0 Å². The summed E-state index contributed by atoms with van der Waals surface area (Å²) in [6, 6.07) is 11.8. The summed E-state index contributed by atoms with van der Waals surface area (Å²) >= 11 is 0. The fourth-order valence-electron chi connectivity index (χ4n) is 2.42. The number of anilines is 1. The van der Waals surface area contributed by atoms with Crippen molar-refractivity contribution in [2.75, 3.05) is 5.43 Å². The van der Waals surface area contributed by atoms with E-state index < -0.39 is 5.97 Å². The molecule has 0 saturated heterocycles. The number of carboxylic acids is 1. The zero-order valence-electron chi connectivity index (χ0n) is 11.2. The highest BCUT2D eigenvalue weighted by molar-refractivity contribution is 6.05. The molecule has 2 aromatic carbocycles. The van der Waals surface area contributed by atoms with E-state index in [2.05, 4.69) is 10.5 Å². The van der Waals surface area contributed by atoms with Crippen molar-refractivity contribution in [2.45, 2.75) is 12.8 Å². The lowest BCUT2D eigenvalue weighted by Crippen LogP contribution is -2.00. The van der Waals surface area contributed by atoms with Crippen molar-refractivity contribution >= 4 is 17.4 Å². The normalized spacial score (nSPS) is 15.0. The highest BCUT2D eigenvalue weighted by atomic mass is 16.4. The molecule has 0 bridgehead atoms. The molecule has 5 heteroatoms. The molecule has 0 heterocycles. The Morgan fingerprint density at radius 1 is 1.10 bits per heavy atom. The third-order valence-corrected chi connectivity index (χ3v) is 3.53. The Balaban J connectivity index is 1.79. The first kappa shape index (κ1) is 13.2. The summed E-state index contributed by atoms with van der Waals surface area (Å²) in [7, 11) is 0. The van der Waals surface area contributed by atoms with Crippen LogP contribution in [-0.2, 0) is 6.42 Å². The van der Waals surface area contributed by atoms with E-state index in [4.69, 9.17) is 5.11 Å². The fraction of sp³-hybridized carbons (Fsp3) is 0.125. The van der Waals surface area contributed by atoms with Gasteiger partial charge in [-0.2, -0.15) is 5.10 Å². The standard InChI is InChI=1S/C16H14N2O3/c19-15-3-1-2-12-13(15)8-9-14(12)18-17-11-6-4-10(5-7-11)16(20)21/h1-7,17,19H,8-9H2,(H,20,21). The number of carbonyl (C=O) groups is 1. The van der Waals surface area contributed by atoms with Crippen LogP contribution >= 0.6 is 0 Å².